The van der Waals surface area contributed by atoms with E-state index in [1.807, 2.05) is 30.3 Å². The standard InChI is InChI=1S/C27H22N2O6/c1-33-24-14-10-19(15-25(24)34-2)27(32)35-23-13-9-17-5-3-4-6-21(17)22(23)16-28-29-26(31)18-7-11-20(30)12-8-18/h3-16,30H,1-2H3,(H,29,31)/b28-16+. The van der Waals surface area contributed by atoms with Gasteiger partial charge in [-0.2, -0.15) is 5.10 Å². The molecule has 4 rings (SSSR count). The minimum absolute atomic E-state index is 0.0572. The van der Waals surface area contributed by atoms with Gasteiger partial charge in [0.2, 0.25) is 0 Å². The molecule has 0 heterocycles. The van der Waals surface area contributed by atoms with Gasteiger partial charge in [0.25, 0.3) is 5.91 Å². The van der Waals surface area contributed by atoms with Crippen LogP contribution in [0.2, 0.25) is 0 Å². The molecule has 0 bridgehead atoms. The molecule has 0 saturated carbocycles. The van der Waals surface area contributed by atoms with Gasteiger partial charge in [-0.15, -0.1) is 0 Å². The topological polar surface area (TPSA) is 106 Å². The Bertz CT molecular complexity index is 1410. The van der Waals surface area contributed by atoms with Gasteiger partial charge in [0.05, 0.1) is 26.0 Å². The van der Waals surface area contributed by atoms with Crippen molar-refractivity contribution in [3.8, 4) is 23.0 Å². The van der Waals surface area contributed by atoms with Crippen molar-refractivity contribution in [3.05, 3.63) is 95.6 Å². The number of phenolic OH excluding ortho intramolecular Hbond substituents is 1. The number of fused-ring (bicyclic) bond motifs is 1. The van der Waals surface area contributed by atoms with Gasteiger partial charge in [-0.1, -0.05) is 30.3 Å². The molecule has 0 unspecified atom stereocenters. The lowest BCUT2D eigenvalue weighted by Gasteiger charge is -2.12. The number of phenols is 1. The summed E-state index contributed by atoms with van der Waals surface area (Å²) in [5.74, 6) is 0.174. The smallest absolute Gasteiger partial charge is 0.343 e. The van der Waals surface area contributed by atoms with Crippen LogP contribution >= 0.6 is 0 Å². The summed E-state index contributed by atoms with van der Waals surface area (Å²) >= 11 is 0. The molecule has 0 aromatic heterocycles. The van der Waals surface area contributed by atoms with Crippen LogP contribution in [0.1, 0.15) is 26.3 Å². The van der Waals surface area contributed by atoms with Crippen LogP contribution in [0, 0.1) is 0 Å². The Morgan fingerprint density at radius 2 is 1.51 bits per heavy atom. The van der Waals surface area contributed by atoms with Crippen LogP contribution in [0.5, 0.6) is 23.0 Å². The maximum Gasteiger partial charge on any atom is 0.343 e. The van der Waals surface area contributed by atoms with E-state index in [0.29, 0.717) is 22.6 Å². The average Bonchev–Trinajstić information content (AvgIpc) is 2.89. The number of amides is 1. The molecule has 0 atom stereocenters. The molecule has 0 aliphatic heterocycles. The number of carbonyl (C=O) groups is 2. The van der Waals surface area contributed by atoms with Crippen molar-refractivity contribution in [3.63, 3.8) is 0 Å². The van der Waals surface area contributed by atoms with Crippen molar-refractivity contribution in [2.75, 3.05) is 14.2 Å². The SMILES string of the molecule is COc1ccc(C(=O)Oc2ccc3ccccc3c2/C=N/NC(=O)c2ccc(O)cc2)cc1OC. The van der Waals surface area contributed by atoms with Gasteiger partial charge in [-0.25, -0.2) is 10.2 Å². The first-order chi connectivity index (χ1) is 17.0. The zero-order chi connectivity index (χ0) is 24.8. The molecule has 8 nitrogen and oxygen atoms in total. The van der Waals surface area contributed by atoms with Gasteiger partial charge < -0.3 is 19.3 Å². The second-order valence-corrected chi connectivity index (χ2v) is 7.40. The molecular weight excluding hydrogens is 448 g/mol. The highest BCUT2D eigenvalue weighted by Gasteiger charge is 2.16. The van der Waals surface area contributed by atoms with Crippen LogP contribution in [0.15, 0.2) is 84.0 Å². The summed E-state index contributed by atoms with van der Waals surface area (Å²) in [6.07, 6.45) is 1.43. The first-order valence-corrected chi connectivity index (χ1v) is 10.6. The second-order valence-electron chi connectivity index (χ2n) is 7.40. The largest absolute Gasteiger partial charge is 0.508 e. The molecule has 176 valence electrons. The summed E-state index contributed by atoms with van der Waals surface area (Å²) in [7, 11) is 2.99. The van der Waals surface area contributed by atoms with Crippen LogP contribution in [0.3, 0.4) is 0 Å². The van der Waals surface area contributed by atoms with Crippen LogP contribution < -0.4 is 19.6 Å². The molecular formula is C27H22N2O6. The number of benzene rings is 4. The molecule has 35 heavy (non-hydrogen) atoms. The maximum atomic E-state index is 12.9. The quantitative estimate of drug-likeness (QED) is 0.178. The Balaban J connectivity index is 1.62. The highest BCUT2D eigenvalue weighted by Crippen LogP contribution is 2.30. The average molecular weight is 470 g/mol. The zero-order valence-corrected chi connectivity index (χ0v) is 19.0. The van der Waals surface area contributed by atoms with Crippen molar-refractivity contribution in [2.24, 2.45) is 5.10 Å². The molecule has 2 N–H and O–H groups in total. The summed E-state index contributed by atoms with van der Waals surface area (Å²) in [5.41, 5.74) is 3.57. The predicted molar refractivity (Wildman–Crippen MR) is 132 cm³/mol. The first-order valence-electron chi connectivity index (χ1n) is 10.6. The fraction of sp³-hybridized carbons (Fsp3) is 0.0741. The fourth-order valence-corrected chi connectivity index (χ4v) is 3.45. The Hall–Kier alpha value is -4.85. The Kier molecular flexibility index (Phi) is 6.92. The first kappa shape index (κ1) is 23.3. The molecule has 0 aliphatic rings. The number of nitrogens with one attached hydrogen (secondary N) is 1. The lowest BCUT2D eigenvalue weighted by Crippen LogP contribution is -2.17. The molecule has 0 spiro atoms. The predicted octanol–water partition coefficient (Wildman–Crippen LogP) is 4.55. The van der Waals surface area contributed by atoms with E-state index in [9.17, 15) is 14.7 Å². The van der Waals surface area contributed by atoms with Gasteiger partial charge in [0.15, 0.2) is 11.5 Å². The number of hydrogen-bond donors (Lipinski definition) is 2. The van der Waals surface area contributed by atoms with Crippen molar-refractivity contribution in [1.82, 2.24) is 5.43 Å². The van der Waals surface area contributed by atoms with E-state index in [0.717, 1.165) is 10.8 Å². The zero-order valence-electron chi connectivity index (χ0n) is 19.0. The van der Waals surface area contributed by atoms with Crippen molar-refractivity contribution < 1.29 is 28.9 Å². The lowest BCUT2D eigenvalue weighted by molar-refractivity contribution is 0.0734. The normalized spacial score (nSPS) is 10.8. The number of hydrogen-bond acceptors (Lipinski definition) is 7. The van der Waals surface area contributed by atoms with E-state index in [2.05, 4.69) is 10.5 Å². The van der Waals surface area contributed by atoms with E-state index in [1.165, 1.54) is 50.8 Å². The highest BCUT2D eigenvalue weighted by molar-refractivity contribution is 6.04. The van der Waals surface area contributed by atoms with Gasteiger partial charge >= 0.3 is 5.97 Å². The number of aromatic hydroxyl groups is 1. The van der Waals surface area contributed by atoms with Crippen molar-refractivity contribution >= 4 is 28.9 Å². The van der Waals surface area contributed by atoms with Crippen LogP contribution in [-0.2, 0) is 0 Å². The van der Waals surface area contributed by atoms with Crippen LogP contribution in [0.4, 0.5) is 0 Å². The maximum absolute atomic E-state index is 12.9. The molecule has 4 aromatic carbocycles. The van der Waals surface area contributed by atoms with Gasteiger partial charge in [-0.05, 0) is 59.3 Å². The summed E-state index contributed by atoms with van der Waals surface area (Å²) in [6.45, 7) is 0. The summed E-state index contributed by atoms with van der Waals surface area (Å²) in [5, 5.41) is 15.1. The van der Waals surface area contributed by atoms with E-state index in [1.54, 1.807) is 18.2 Å². The number of ether oxygens (including phenoxy) is 3. The van der Waals surface area contributed by atoms with Gasteiger partial charge in [0.1, 0.15) is 11.5 Å². The van der Waals surface area contributed by atoms with Crippen LogP contribution in [0.25, 0.3) is 10.8 Å². The van der Waals surface area contributed by atoms with Gasteiger partial charge in [-0.3, -0.25) is 4.79 Å². The molecule has 0 saturated heterocycles. The van der Waals surface area contributed by atoms with E-state index >= 15 is 0 Å². The number of rotatable bonds is 7. The van der Waals surface area contributed by atoms with Crippen LogP contribution in [-0.4, -0.2) is 37.4 Å². The third-order valence-corrected chi connectivity index (χ3v) is 5.24. The van der Waals surface area contributed by atoms with E-state index in [4.69, 9.17) is 14.2 Å². The van der Waals surface area contributed by atoms with Gasteiger partial charge in [0, 0.05) is 11.1 Å². The fourth-order valence-electron chi connectivity index (χ4n) is 3.45. The minimum atomic E-state index is -0.594. The summed E-state index contributed by atoms with van der Waals surface area (Å²) < 4.78 is 16.2. The van der Waals surface area contributed by atoms with E-state index < -0.39 is 11.9 Å². The summed E-state index contributed by atoms with van der Waals surface area (Å²) in [4.78, 5) is 25.3. The molecule has 0 aliphatic carbocycles. The Morgan fingerprint density at radius 3 is 2.26 bits per heavy atom. The van der Waals surface area contributed by atoms with E-state index in [-0.39, 0.29) is 17.1 Å². The summed E-state index contributed by atoms with van der Waals surface area (Å²) in [6, 6.07) is 21.6. The Labute approximate surface area is 201 Å². The number of carbonyl (C=O) groups excluding carboxylic acids is 2. The third kappa shape index (κ3) is 5.22. The minimum Gasteiger partial charge on any atom is -0.508 e. The van der Waals surface area contributed by atoms with Crippen molar-refractivity contribution in [1.29, 1.82) is 0 Å². The molecule has 4 aromatic rings. The third-order valence-electron chi connectivity index (χ3n) is 5.24. The Morgan fingerprint density at radius 1 is 0.829 bits per heavy atom. The number of methoxy groups -OCH3 is 2. The second kappa shape index (κ2) is 10.4. The molecule has 0 fully saturated rings. The molecule has 0 radical (unpaired) electrons. The molecule has 1 amide bonds. The highest BCUT2D eigenvalue weighted by atomic mass is 16.5. The number of hydrazone groups is 1. The number of nitrogens with zero attached hydrogens (tertiary/aromatic N) is 1. The monoisotopic (exact) mass is 470 g/mol. The van der Waals surface area contributed by atoms with Crippen molar-refractivity contribution in [2.45, 2.75) is 0 Å². The number of esters is 1. The molecule has 8 heteroatoms. The lowest BCUT2D eigenvalue weighted by atomic mass is 10.0.